The Hall–Kier alpha value is -1.01. The number of anilines is 2. The van der Waals surface area contributed by atoms with Gasteiger partial charge in [-0.1, -0.05) is 25.6 Å². The Labute approximate surface area is 126 Å². The zero-order chi connectivity index (χ0) is 15.0. The molecule has 5 nitrogen and oxygen atoms in total. The summed E-state index contributed by atoms with van der Waals surface area (Å²) >= 11 is 1.52. The van der Waals surface area contributed by atoms with Crippen molar-refractivity contribution < 1.29 is 5.11 Å². The summed E-state index contributed by atoms with van der Waals surface area (Å²) in [6.45, 7) is 7.99. The first-order valence-electron chi connectivity index (χ1n) is 7.14. The number of rotatable bonds is 9. The van der Waals surface area contributed by atoms with Gasteiger partial charge in [0.1, 0.15) is 11.6 Å². The maximum Gasteiger partial charge on any atom is 0.191 e. The van der Waals surface area contributed by atoms with Crippen molar-refractivity contribution in [3.63, 3.8) is 0 Å². The first-order chi connectivity index (χ1) is 9.62. The van der Waals surface area contributed by atoms with Crippen molar-refractivity contribution >= 4 is 23.4 Å². The van der Waals surface area contributed by atoms with Gasteiger partial charge in [-0.15, -0.1) is 0 Å². The van der Waals surface area contributed by atoms with E-state index in [1.807, 2.05) is 19.2 Å². The number of aromatic nitrogens is 2. The van der Waals surface area contributed by atoms with E-state index in [4.69, 9.17) is 0 Å². The summed E-state index contributed by atoms with van der Waals surface area (Å²) in [5.41, 5.74) is -0.0805. The molecule has 0 aliphatic rings. The van der Waals surface area contributed by atoms with E-state index in [1.54, 1.807) is 0 Å². The second-order valence-corrected chi connectivity index (χ2v) is 5.65. The molecule has 0 radical (unpaired) electrons. The van der Waals surface area contributed by atoms with E-state index < -0.39 is 0 Å². The highest BCUT2D eigenvalue weighted by molar-refractivity contribution is 7.98. The first kappa shape index (κ1) is 17.0. The van der Waals surface area contributed by atoms with Crippen LogP contribution in [0.25, 0.3) is 0 Å². The Morgan fingerprint density at radius 1 is 1.15 bits per heavy atom. The van der Waals surface area contributed by atoms with Crippen molar-refractivity contribution in [2.45, 2.75) is 38.8 Å². The second kappa shape index (κ2) is 8.32. The summed E-state index contributed by atoms with van der Waals surface area (Å²) < 4.78 is 0. The highest BCUT2D eigenvalue weighted by atomic mass is 32.2. The van der Waals surface area contributed by atoms with Crippen molar-refractivity contribution in [3.8, 4) is 0 Å². The summed E-state index contributed by atoms with van der Waals surface area (Å²) in [7, 11) is 0. The van der Waals surface area contributed by atoms with Gasteiger partial charge in [0.2, 0.25) is 0 Å². The second-order valence-electron chi connectivity index (χ2n) is 4.87. The molecule has 0 aliphatic carbocycles. The monoisotopic (exact) mass is 298 g/mol. The van der Waals surface area contributed by atoms with Crippen molar-refractivity contribution in [2.75, 3.05) is 36.6 Å². The predicted octanol–water partition coefficient (Wildman–Crippen LogP) is 2.84. The molecule has 0 fully saturated rings. The molecule has 0 amide bonds. The van der Waals surface area contributed by atoms with Gasteiger partial charge in [-0.05, 0) is 26.0 Å². The molecule has 6 heteroatoms. The number of hydrogen-bond donors (Lipinski definition) is 3. The highest BCUT2D eigenvalue weighted by Crippen LogP contribution is 2.26. The molecule has 1 heterocycles. The Kier molecular flexibility index (Phi) is 7.09. The standard InChI is InChI=1S/C14H26N4OS/c1-5-14(6-2,10-19)9-16-12-8-11(15-7-3)17-13(18-12)20-4/h8,19H,5-7,9-10H2,1-4H3,(H2,15,16,17,18). The molecule has 0 saturated carbocycles. The minimum absolute atomic E-state index is 0.0805. The fraction of sp³-hybridized carbons (Fsp3) is 0.714. The van der Waals surface area contributed by atoms with E-state index in [0.717, 1.165) is 36.2 Å². The fourth-order valence-corrected chi connectivity index (χ4v) is 2.32. The quantitative estimate of drug-likeness (QED) is 0.481. The van der Waals surface area contributed by atoms with Gasteiger partial charge < -0.3 is 15.7 Å². The molecule has 3 N–H and O–H groups in total. The minimum atomic E-state index is -0.0805. The average molecular weight is 298 g/mol. The molecule has 0 unspecified atom stereocenters. The molecule has 0 atom stereocenters. The zero-order valence-corrected chi connectivity index (χ0v) is 13.7. The Morgan fingerprint density at radius 3 is 2.20 bits per heavy atom. The number of thioether (sulfide) groups is 1. The van der Waals surface area contributed by atoms with Gasteiger partial charge in [0.25, 0.3) is 0 Å². The van der Waals surface area contributed by atoms with E-state index in [9.17, 15) is 5.11 Å². The van der Waals surface area contributed by atoms with Crippen LogP contribution in [-0.4, -0.2) is 41.0 Å². The number of aliphatic hydroxyl groups excluding tert-OH is 1. The molecule has 0 bridgehead atoms. The lowest BCUT2D eigenvalue weighted by atomic mass is 9.83. The van der Waals surface area contributed by atoms with Crippen LogP contribution in [0.4, 0.5) is 11.6 Å². The molecule has 0 aromatic carbocycles. The number of aliphatic hydroxyl groups is 1. The average Bonchev–Trinajstić information content (AvgIpc) is 2.49. The van der Waals surface area contributed by atoms with Crippen LogP contribution in [0, 0.1) is 5.41 Å². The summed E-state index contributed by atoms with van der Waals surface area (Å²) in [5, 5.41) is 16.9. The van der Waals surface area contributed by atoms with Gasteiger partial charge >= 0.3 is 0 Å². The van der Waals surface area contributed by atoms with Crippen LogP contribution in [0.3, 0.4) is 0 Å². The Bertz CT molecular complexity index is 402. The topological polar surface area (TPSA) is 70.1 Å². The summed E-state index contributed by atoms with van der Waals surface area (Å²) in [5.74, 6) is 1.64. The molecular formula is C14H26N4OS. The maximum absolute atomic E-state index is 9.60. The molecule has 1 aromatic rings. The van der Waals surface area contributed by atoms with Crippen molar-refractivity contribution in [1.82, 2.24) is 9.97 Å². The van der Waals surface area contributed by atoms with Gasteiger partial charge in [0.15, 0.2) is 5.16 Å². The molecule has 0 saturated heterocycles. The molecule has 1 rings (SSSR count). The number of hydrogen-bond acceptors (Lipinski definition) is 6. The molecule has 20 heavy (non-hydrogen) atoms. The predicted molar refractivity (Wildman–Crippen MR) is 86.6 cm³/mol. The van der Waals surface area contributed by atoms with Crippen LogP contribution in [0.1, 0.15) is 33.6 Å². The van der Waals surface area contributed by atoms with Gasteiger partial charge in [-0.25, -0.2) is 9.97 Å². The van der Waals surface area contributed by atoms with E-state index >= 15 is 0 Å². The zero-order valence-electron chi connectivity index (χ0n) is 12.9. The molecule has 0 spiro atoms. The van der Waals surface area contributed by atoms with Crippen LogP contribution in [-0.2, 0) is 0 Å². The van der Waals surface area contributed by atoms with Crippen molar-refractivity contribution in [2.24, 2.45) is 5.41 Å². The van der Waals surface area contributed by atoms with Gasteiger partial charge in [0.05, 0.1) is 6.61 Å². The summed E-state index contributed by atoms with van der Waals surface area (Å²) in [6, 6.07) is 1.91. The fourth-order valence-electron chi connectivity index (χ4n) is 1.94. The summed E-state index contributed by atoms with van der Waals surface area (Å²) in [4.78, 5) is 8.86. The third-order valence-electron chi connectivity index (χ3n) is 3.73. The normalized spacial score (nSPS) is 11.4. The molecule has 1 aromatic heterocycles. The van der Waals surface area contributed by atoms with Crippen LogP contribution in [0.15, 0.2) is 11.2 Å². The number of nitrogens with one attached hydrogen (secondary N) is 2. The van der Waals surface area contributed by atoms with Crippen molar-refractivity contribution in [3.05, 3.63) is 6.07 Å². The Balaban J connectivity index is 2.83. The van der Waals surface area contributed by atoms with E-state index in [-0.39, 0.29) is 12.0 Å². The van der Waals surface area contributed by atoms with Gasteiger partial charge in [-0.2, -0.15) is 0 Å². The number of nitrogens with zero attached hydrogens (tertiary/aromatic N) is 2. The van der Waals surface area contributed by atoms with E-state index in [0.29, 0.717) is 6.54 Å². The smallest absolute Gasteiger partial charge is 0.191 e. The lowest BCUT2D eigenvalue weighted by Gasteiger charge is -2.29. The first-order valence-corrected chi connectivity index (χ1v) is 8.37. The van der Waals surface area contributed by atoms with E-state index in [2.05, 4.69) is 34.4 Å². The lowest BCUT2D eigenvalue weighted by Crippen LogP contribution is -2.32. The van der Waals surface area contributed by atoms with E-state index in [1.165, 1.54) is 11.8 Å². The van der Waals surface area contributed by atoms with Gasteiger partial charge in [0, 0.05) is 24.6 Å². The lowest BCUT2D eigenvalue weighted by molar-refractivity contribution is 0.127. The SMILES string of the molecule is CCNc1cc(NCC(CC)(CC)CO)nc(SC)n1. The molecule has 114 valence electrons. The molecule has 0 aliphatic heterocycles. The van der Waals surface area contributed by atoms with Crippen LogP contribution in [0.5, 0.6) is 0 Å². The van der Waals surface area contributed by atoms with Crippen LogP contribution >= 0.6 is 11.8 Å². The Morgan fingerprint density at radius 2 is 1.75 bits per heavy atom. The maximum atomic E-state index is 9.60. The van der Waals surface area contributed by atoms with Gasteiger partial charge in [-0.3, -0.25) is 0 Å². The molecular weight excluding hydrogens is 272 g/mol. The largest absolute Gasteiger partial charge is 0.396 e. The van der Waals surface area contributed by atoms with Crippen molar-refractivity contribution in [1.29, 1.82) is 0 Å². The third kappa shape index (κ3) is 4.52. The highest BCUT2D eigenvalue weighted by Gasteiger charge is 2.25. The van der Waals surface area contributed by atoms with Crippen LogP contribution < -0.4 is 10.6 Å². The third-order valence-corrected chi connectivity index (χ3v) is 4.27. The minimum Gasteiger partial charge on any atom is -0.396 e. The van der Waals surface area contributed by atoms with Crippen LogP contribution in [0.2, 0.25) is 0 Å². The summed E-state index contributed by atoms with van der Waals surface area (Å²) in [6.07, 6.45) is 3.84.